The highest BCUT2D eigenvalue weighted by Gasteiger charge is 2.16. The lowest BCUT2D eigenvalue weighted by atomic mass is 9.99. The van der Waals surface area contributed by atoms with Gasteiger partial charge in [0.1, 0.15) is 0 Å². The van der Waals surface area contributed by atoms with Crippen molar-refractivity contribution in [1.29, 1.82) is 0 Å². The van der Waals surface area contributed by atoms with Crippen LogP contribution in [0.2, 0.25) is 5.15 Å². The van der Waals surface area contributed by atoms with Crippen LogP contribution in [-0.4, -0.2) is 29.2 Å². The summed E-state index contributed by atoms with van der Waals surface area (Å²) in [4.78, 5) is 14.5. The number of benzene rings is 1. The highest BCUT2D eigenvalue weighted by Crippen LogP contribution is 2.24. The number of hydrogen-bond donors (Lipinski definition) is 1. The van der Waals surface area contributed by atoms with E-state index in [1.54, 1.807) is 12.1 Å². The van der Waals surface area contributed by atoms with Gasteiger partial charge in [-0.15, -0.1) is 10.2 Å². The summed E-state index contributed by atoms with van der Waals surface area (Å²) in [6, 6.07) is 11.0. The molecule has 23 heavy (non-hydrogen) atoms. The van der Waals surface area contributed by atoms with Crippen LogP contribution in [0.3, 0.4) is 0 Å². The molecule has 0 atom stereocenters. The molecule has 1 aromatic heterocycles. The summed E-state index contributed by atoms with van der Waals surface area (Å²) in [6.07, 6.45) is 2.46. The maximum absolute atomic E-state index is 12.1. The van der Waals surface area contributed by atoms with E-state index in [1.165, 1.54) is 18.5 Å². The lowest BCUT2D eigenvalue weighted by molar-refractivity contribution is 0.102. The highest BCUT2D eigenvalue weighted by atomic mass is 35.5. The fourth-order valence-corrected chi connectivity index (χ4v) is 2.76. The van der Waals surface area contributed by atoms with Crippen molar-refractivity contribution in [3.05, 3.63) is 47.2 Å². The molecule has 5 nitrogen and oxygen atoms in total. The Morgan fingerprint density at radius 2 is 1.83 bits per heavy atom. The zero-order valence-electron chi connectivity index (χ0n) is 13.0. The molecule has 6 heteroatoms. The molecule has 0 spiro atoms. The third-order valence-electron chi connectivity index (χ3n) is 4.14. The van der Waals surface area contributed by atoms with Gasteiger partial charge in [0.15, 0.2) is 10.8 Å². The van der Waals surface area contributed by atoms with Gasteiger partial charge >= 0.3 is 0 Å². The molecule has 1 aliphatic rings. The summed E-state index contributed by atoms with van der Waals surface area (Å²) in [6.45, 7) is 4.48. The van der Waals surface area contributed by atoms with E-state index in [9.17, 15) is 4.79 Å². The molecule has 3 rings (SSSR count). The van der Waals surface area contributed by atoms with Crippen molar-refractivity contribution in [3.63, 3.8) is 0 Å². The number of carbonyl (C=O) groups is 1. The van der Waals surface area contributed by atoms with Crippen molar-refractivity contribution in [2.24, 2.45) is 5.92 Å². The highest BCUT2D eigenvalue weighted by molar-refractivity contribution is 6.29. The van der Waals surface area contributed by atoms with Crippen LogP contribution in [0.4, 0.5) is 11.4 Å². The van der Waals surface area contributed by atoms with Crippen LogP contribution >= 0.6 is 11.6 Å². The monoisotopic (exact) mass is 330 g/mol. The van der Waals surface area contributed by atoms with E-state index in [1.807, 2.05) is 24.3 Å². The molecule has 120 valence electrons. The predicted molar refractivity (Wildman–Crippen MR) is 92.0 cm³/mol. The predicted octanol–water partition coefficient (Wildman–Crippen LogP) is 3.62. The SMILES string of the molecule is CC1CCN(c2ccc(NC(=O)c3ccc(Cl)nn3)cc2)CC1. The van der Waals surface area contributed by atoms with Gasteiger partial charge in [0.25, 0.3) is 5.91 Å². The van der Waals surface area contributed by atoms with Crippen molar-refractivity contribution in [2.75, 3.05) is 23.3 Å². The first-order chi connectivity index (χ1) is 11.1. The minimum absolute atomic E-state index is 0.239. The fraction of sp³-hybridized carbons (Fsp3) is 0.353. The molecule has 1 fully saturated rings. The van der Waals surface area contributed by atoms with Crippen molar-refractivity contribution in [3.8, 4) is 0 Å². The molecule has 1 amide bonds. The van der Waals surface area contributed by atoms with Gasteiger partial charge in [-0.25, -0.2) is 0 Å². The smallest absolute Gasteiger partial charge is 0.276 e. The van der Waals surface area contributed by atoms with Gasteiger partial charge in [0.2, 0.25) is 0 Å². The van der Waals surface area contributed by atoms with Crippen molar-refractivity contribution >= 4 is 28.9 Å². The lowest BCUT2D eigenvalue weighted by Crippen LogP contribution is -2.32. The quantitative estimate of drug-likeness (QED) is 0.933. The molecule has 1 saturated heterocycles. The Morgan fingerprint density at radius 3 is 2.43 bits per heavy atom. The molecule has 0 saturated carbocycles. The van der Waals surface area contributed by atoms with E-state index in [0.29, 0.717) is 0 Å². The molecule has 1 aromatic carbocycles. The van der Waals surface area contributed by atoms with Gasteiger partial charge in [0, 0.05) is 24.5 Å². The number of nitrogens with zero attached hydrogens (tertiary/aromatic N) is 3. The molecular weight excluding hydrogens is 312 g/mol. The van der Waals surface area contributed by atoms with E-state index >= 15 is 0 Å². The van der Waals surface area contributed by atoms with E-state index in [0.717, 1.165) is 24.7 Å². The Hall–Kier alpha value is -2.14. The van der Waals surface area contributed by atoms with E-state index in [2.05, 4.69) is 27.3 Å². The van der Waals surface area contributed by atoms with Crippen LogP contribution in [0.1, 0.15) is 30.3 Å². The molecule has 2 aromatic rings. The summed E-state index contributed by atoms with van der Waals surface area (Å²) in [5, 5.41) is 10.5. The van der Waals surface area contributed by atoms with Crippen LogP contribution in [0.5, 0.6) is 0 Å². The van der Waals surface area contributed by atoms with Crippen LogP contribution in [-0.2, 0) is 0 Å². The average molecular weight is 331 g/mol. The molecule has 0 unspecified atom stereocenters. The van der Waals surface area contributed by atoms with E-state index < -0.39 is 0 Å². The third kappa shape index (κ3) is 3.99. The first-order valence-electron chi connectivity index (χ1n) is 7.77. The Balaban J connectivity index is 1.63. The standard InChI is InChI=1S/C17H19ClN4O/c1-12-8-10-22(11-9-12)14-4-2-13(3-5-14)19-17(23)15-6-7-16(18)21-20-15/h2-7,12H,8-11H2,1H3,(H,19,23). The van der Waals surface area contributed by atoms with Gasteiger partial charge in [-0.05, 0) is 55.2 Å². The molecule has 0 aliphatic carbocycles. The minimum atomic E-state index is -0.297. The van der Waals surface area contributed by atoms with Gasteiger partial charge in [-0.1, -0.05) is 18.5 Å². The number of amides is 1. The Bertz CT molecular complexity index is 664. The number of carbonyl (C=O) groups excluding carboxylic acids is 1. The van der Waals surface area contributed by atoms with Crippen LogP contribution in [0.25, 0.3) is 0 Å². The summed E-state index contributed by atoms with van der Waals surface area (Å²) < 4.78 is 0. The molecule has 0 radical (unpaired) electrons. The normalized spacial score (nSPS) is 15.5. The molecule has 1 aliphatic heterocycles. The maximum Gasteiger partial charge on any atom is 0.276 e. The first-order valence-corrected chi connectivity index (χ1v) is 8.15. The zero-order valence-corrected chi connectivity index (χ0v) is 13.8. The summed E-state index contributed by atoms with van der Waals surface area (Å²) in [5.41, 5.74) is 2.17. The van der Waals surface area contributed by atoms with Gasteiger partial charge in [-0.2, -0.15) is 0 Å². The largest absolute Gasteiger partial charge is 0.372 e. The van der Waals surface area contributed by atoms with Gasteiger partial charge < -0.3 is 10.2 Å². The summed E-state index contributed by atoms with van der Waals surface area (Å²) in [7, 11) is 0. The van der Waals surface area contributed by atoms with Crippen molar-refractivity contribution in [1.82, 2.24) is 10.2 Å². The number of halogens is 1. The number of piperidine rings is 1. The second kappa shape index (κ2) is 6.96. The summed E-state index contributed by atoms with van der Waals surface area (Å²) in [5.74, 6) is 0.513. The summed E-state index contributed by atoms with van der Waals surface area (Å²) >= 11 is 5.67. The zero-order chi connectivity index (χ0) is 16.2. The Kier molecular flexibility index (Phi) is 4.76. The molecule has 0 bridgehead atoms. The topological polar surface area (TPSA) is 58.1 Å². The average Bonchev–Trinajstić information content (AvgIpc) is 2.57. The Morgan fingerprint density at radius 1 is 1.13 bits per heavy atom. The number of rotatable bonds is 3. The molecule has 2 heterocycles. The van der Waals surface area contributed by atoms with Crippen molar-refractivity contribution < 1.29 is 4.79 Å². The number of nitrogens with one attached hydrogen (secondary N) is 1. The van der Waals surface area contributed by atoms with Crippen LogP contribution in [0.15, 0.2) is 36.4 Å². The molecular formula is C17H19ClN4O. The maximum atomic E-state index is 12.1. The first kappa shape index (κ1) is 15.7. The second-order valence-corrected chi connectivity index (χ2v) is 6.30. The number of hydrogen-bond acceptors (Lipinski definition) is 4. The minimum Gasteiger partial charge on any atom is -0.372 e. The van der Waals surface area contributed by atoms with Gasteiger partial charge in [-0.3, -0.25) is 4.79 Å². The van der Waals surface area contributed by atoms with Crippen LogP contribution in [0, 0.1) is 5.92 Å². The van der Waals surface area contributed by atoms with E-state index in [4.69, 9.17) is 11.6 Å². The Labute approximate surface area is 140 Å². The second-order valence-electron chi connectivity index (χ2n) is 5.91. The number of aromatic nitrogens is 2. The fourth-order valence-electron chi connectivity index (χ4n) is 2.65. The van der Waals surface area contributed by atoms with Gasteiger partial charge in [0.05, 0.1) is 0 Å². The number of anilines is 2. The van der Waals surface area contributed by atoms with Crippen molar-refractivity contribution in [2.45, 2.75) is 19.8 Å². The van der Waals surface area contributed by atoms with Crippen LogP contribution < -0.4 is 10.2 Å². The van der Waals surface area contributed by atoms with E-state index in [-0.39, 0.29) is 16.8 Å². The lowest BCUT2D eigenvalue weighted by Gasteiger charge is -2.32. The third-order valence-corrected chi connectivity index (χ3v) is 4.34. The molecule has 1 N–H and O–H groups in total.